The van der Waals surface area contributed by atoms with Crippen LogP contribution in [-0.2, 0) is 5.41 Å². The summed E-state index contributed by atoms with van der Waals surface area (Å²) >= 11 is 3.51. The van der Waals surface area contributed by atoms with Gasteiger partial charge in [-0.1, -0.05) is 54.9 Å². The molecule has 2 nitrogen and oxygen atoms in total. The quantitative estimate of drug-likeness (QED) is 0.472. The van der Waals surface area contributed by atoms with Crippen molar-refractivity contribution >= 4 is 43.0 Å². The Hall–Kier alpha value is -1.13. The van der Waals surface area contributed by atoms with E-state index >= 15 is 0 Å². The summed E-state index contributed by atoms with van der Waals surface area (Å²) in [6.45, 7) is 16.9. The van der Waals surface area contributed by atoms with Crippen molar-refractivity contribution in [3.63, 3.8) is 0 Å². The highest BCUT2D eigenvalue weighted by Crippen LogP contribution is 2.38. The normalized spacial score (nSPS) is 11.0. The van der Waals surface area contributed by atoms with Crippen molar-refractivity contribution in [2.75, 3.05) is 0 Å². The third kappa shape index (κ3) is 4.45. The van der Waals surface area contributed by atoms with Crippen molar-refractivity contribution in [2.45, 2.75) is 67.2 Å². The lowest BCUT2D eigenvalue weighted by Crippen LogP contribution is -2.08. The van der Waals surface area contributed by atoms with E-state index in [1.807, 2.05) is 26.8 Å². The third-order valence-corrected chi connectivity index (χ3v) is 5.80. The average molecular weight is 352 g/mol. The zero-order valence-electron chi connectivity index (χ0n) is 15.6. The Morgan fingerprint density at radius 3 is 2.13 bits per heavy atom. The second-order valence-electron chi connectivity index (χ2n) is 6.36. The van der Waals surface area contributed by atoms with Crippen LogP contribution in [0, 0.1) is 6.92 Å². The minimum atomic E-state index is 0.0279. The molecule has 23 heavy (non-hydrogen) atoms. The van der Waals surface area contributed by atoms with Gasteiger partial charge in [0.25, 0.3) is 5.56 Å². The smallest absolute Gasteiger partial charge is 0.257 e. The van der Waals surface area contributed by atoms with Crippen LogP contribution in [0.3, 0.4) is 0 Å². The van der Waals surface area contributed by atoms with E-state index in [4.69, 9.17) is 0 Å². The van der Waals surface area contributed by atoms with Crippen LogP contribution in [0.25, 0.3) is 20.3 Å². The molecule has 0 saturated carbocycles. The first-order valence-electron chi connectivity index (χ1n) is 8.34. The molecule has 0 radical (unpaired) electrons. The van der Waals surface area contributed by atoms with E-state index in [0.717, 1.165) is 15.6 Å². The molecule has 0 saturated heterocycles. The number of hydrogen-bond donors (Lipinski definition) is 1. The highest BCUT2D eigenvalue weighted by molar-refractivity contribution is 7.27. The number of nitrogens with one attached hydrogen (secondary N) is 1. The molecule has 0 unspecified atom stereocenters. The summed E-state index contributed by atoms with van der Waals surface area (Å²) in [5.74, 6) is 0. The number of rotatable bonds is 0. The van der Waals surface area contributed by atoms with Crippen molar-refractivity contribution in [2.24, 2.45) is 0 Å². The Bertz CT molecular complexity index is 815. The van der Waals surface area contributed by atoms with Crippen LogP contribution < -0.4 is 5.56 Å². The third-order valence-electron chi connectivity index (χ3n) is 3.03. The standard InChI is InChI=1S/C14H15NOS2.C3H8.C2H6/c1-7-5-8-11(17-7)12-9(15-13(8)16)6-10(18-12)14(2,3)4;1-3-2;1-2/h5-6H,1-4H3,(H,15,16);3H2,1-2H3;1-2H3. The molecular weight excluding hydrogens is 322 g/mol. The first kappa shape index (κ1) is 19.9. The molecule has 0 aromatic carbocycles. The average Bonchev–Trinajstić information content (AvgIpc) is 3.05. The summed E-state index contributed by atoms with van der Waals surface area (Å²) in [7, 11) is 0. The van der Waals surface area contributed by atoms with Gasteiger partial charge in [0, 0.05) is 9.75 Å². The first-order chi connectivity index (χ1) is 10.8. The topological polar surface area (TPSA) is 32.9 Å². The molecule has 3 aromatic heterocycles. The van der Waals surface area contributed by atoms with Crippen molar-refractivity contribution in [3.8, 4) is 0 Å². The summed E-state index contributed by atoms with van der Waals surface area (Å²) in [6.07, 6.45) is 1.25. The number of pyridine rings is 1. The Morgan fingerprint density at radius 2 is 1.61 bits per heavy atom. The lowest BCUT2D eigenvalue weighted by Gasteiger charge is -2.14. The zero-order chi connectivity index (χ0) is 17.8. The molecule has 0 aliphatic carbocycles. The van der Waals surface area contributed by atoms with Gasteiger partial charge in [-0.2, -0.15) is 0 Å². The Labute approximate surface area is 147 Å². The van der Waals surface area contributed by atoms with Gasteiger partial charge in [-0.15, -0.1) is 22.7 Å². The van der Waals surface area contributed by atoms with E-state index in [1.165, 1.54) is 20.9 Å². The Morgan fingerprint density at radius 1 is 1.04 bits per heavy atom. The van der Waals surface area contributed by atoms with Crippen molar-refractivity contribution in [3.05, 3.63) is 32.2 Å². The summed E-state index contributed by atoms with van der Waals surface area (Å²) in [5, 5.41) is 0.826. The molecule has 3 aromatic rings. The van der Waals surface area contributed by atoms with Crippen molar-refractivity contribution in [1.29, 1.82) is 0 Å². The number of aryl methyl sites for hydroxylation is 1. The second-order valence-corrected chi connectivity index (χ2v) is 8.67. The van der Waals surface area contributed by atoms with Crippen LogP contribution in [0.15, 0.2) is 16.9 Å². The molecular formula is C19H29NOS2. The minimum Gasteiger partial charge on any atom is -0.321 e. The molecule has 0 atom stereocenters. The van der Waals surface area contributed by atoms with Crippen LogP contribution in [-0.4, -0.2) is 4.98 Å². The van der Waals surface area contributed by atoms with Gasteiger partial charge in [0.2, 0.25) is 0 Å². The van der Waals surface area contributed by atoms with E-state index < -0.39 is 0 Å². The fourth-order valence-electron chi connectivity index (χ4n) is 2.06. The minimum absolute atomic E-state index is 0.0279. The molecule has 0 bridgehead atoms. The molecule has 4 heteroatoms. The molecule has 128 valence electrons. The highest BCUT2D eigenvalue weighted by atomic mass is 32.1. The van der Waals surface area contributed by atoms with Gasteiger partial charge in [-0.3, -0.25) is 4.79 Å². The number of H-pyrrole nitrogens is 1. The maximum Gasteiger partial charge on any atom is 0.257 e. The second kappa shape index (κ2) is 8.11. The van der Waals surface area contributed by atoms with Gasteiger partial charge in [0.15, 0.2) is 0 Å². The largest absolute Gasteiger partial charge is 0.321 e. The molecule has 3 heterocycles. The van der Waals surface area contributed by atoms with Gasteiger partial charge in [0.1, 0.15) is 0 Å². The first-order valence-corrected chi connectivity index (χ1v) is 9.97. The van der Waals surface area contributed by atoms with E-state index in [-0.39, 0.29) is 11.0 Å². The molecule has 0 spiro atoms. The number of thiophene rings is 2. The maximum atomic E-state index is 12.0. The van der Waals surface area contributed by atoms with E-state index in [0.29, 0.717) is 0 Å². The van der Waals surface area contributed by atoms with Crippen molar-refractivity contribution in [1.82, 2.24) is 4.98 Å². The zero-order valence-corrected chi connectivity index (χ0v) is 17.2. The molecule has 0 aliphatic heterocycles. The lowest BCUT2D eigenvalue weighted by atomic mass is 9.95. The summed E-state index contributed by atoms with van der Waals surface area (Å²) in [4.78, 5) is 17.5. The monoisotopic (exact) mass is 351 g/mol. The summed E-state index contributed by atoms with van der Waals surface area (Å²) < 4.78 is 2.35. The van der Waals surface area contributed by atoms with Gasteiger partial charge >= 0.3 is 0 Å². The molecule has 1 N–H and O–H groups in total. The van der Waals surface area contributed by atoms with Crippen molar-refractivity contribution < 1.29 is 0 Å². The maximum absolute atomic E-state index is 12.0. The Kier molecular flexibility index (Phi) is 7.02. The van der Waals surface area contributed by atoms with Gasteiger partial charge in [-0.05, 0) is 24.5 Å². The van der Waals surface area contributed by atoms with Crippen LogP contribution in [0.1, 0.15) is 64.6 Å². The number of aromatic nitrogens is 1. The molecule has 0 aliphatic rings. The number of hydrogen-bond acceptors (Lipinski definition) is 3. The summed E-state index contributed by atoms with van der Waals surface area (Å²) in [5.41, 5.74) is 1.13. The van der Waals surface area contributed by atoms with Crippen LogP contribution >= 0.6 is 22.7 Å². The molecule has 0 amide bonds. The summed E-state index contributed by atoms with van der Waals surface area (Å²) in [6, 6.07) is 4.10. The van der Waals surface area contributed by atoms with E-state index in [1.54, 1.807) is 22.7 Å². The van der Waals surface area contributed by atoms with E-state index in [9.17, 15) is 4.79 Å². The number of fused-ring (bicyclic) bond motifs is 3. The predicted octanol–water partition coefficient (Wildman–Crippen LogP) is 6.85. The van der Waals surface area contributed by atoms with Gasteiger partial charge in [0.05, 0.1) is 20.3 Å². The SMILES string of the molecule is CC.CCC.Cc1cc2c(=O)[nH]c3cc(C(C)(C)C)sc3c2s1. The highest BCUT2D eigenvalue weighted by Gasteiger charge is 2.19. The van der Waals surface area contributed by atoms with Gasteiger partial charge < -0.3 is 4.98 Å². The van der Waals surface area contributed by atoms with Crippen LogP contribution in [0.2, 0.25) is 0 Å². The predicted molar refractivity (Wildman–Crippen MR) is 109 cm³/mol. The molecule has 3 rings (SSSR count). The van der Waals surface area contributed by atoms with Crippen LogP contribution in [0.4, 0.5) is 0 Å². The van der Waals surface area contributed by atoms with Gasteiger partial charge in [-0.25, -0.2) is 0 Å². The van der Waals surface area contributed by atoms with E-state index in [2.05, 4.69) is 45.7 Å². The Balaban J connectivity index is 0.000000477. The fraction of sp³-hybridized carbons (Fsp3) is 0.526. The number of aromatic amines is 1. The lowest BCUT2D eigenvalue weighted by molar-refractivity contribution is 0.604. The molecule has 0 fully saturated rings. The fourth-order valence-corrected chi connectivity index (χ4v) is 4.40. The van der Waals surface area contributed by atoms with Crippen LogP contribution in [0.5, 0.6) is 0 Å².